The molecule has 0 unspecified atom stereocenters. The zero-order valence-electron chi connectivity index (χ0n) is 18.6. The average Bonchev–Trinajstić information content (AvgIpc) is 2.82. The van der Waals surface area contributed by atoms with E-state index in [1.165, 1.54) is 26.4 Å². The minimum Gasteiger partial charge on any atom is -0.493 e. The first-order valence-corrected chi connectivity index (χ1v) is 11.0. The van der Waals surface area contributed by atoms with Crippen molar-refractivity contribution >= 4 is 40.6 Å². The number of allylic oxidation sites excluding steroid dienone is 1. The van der Waals surface area contributed by atoms with E-state index in [1.807, 2.05) is 18.2 Å². The van der Waals surface area contributed by atoms with Gasteiger partial charge in [-0.25, -0.2) is 0 Å². The van der Waals surface area contributed by atoms with Crippen LogP contribution in [0.25, 0.3) is 6.08 Å². The van der Waals surface area contributed by atoms with E-state index in [-0.39, 0.29) is 28.6 Å². The van der Waals surface area contributed by atoms with Crippen LogP contribution in [0.15, 0.2) is 66.3 Å². The monoisotopic (exact) mass is 467 g/mol. The Labute approximate surface area is 196 Å². The number of rotatable bonds is 10. The molecule has 33 heavy (non-hydrogen) atoms. The summed E-state index contributed by atoms with van der Waals surface area (Å²) < 4.78 is 10.5. The molecule has 0 aliphatic heterocycles. The smallest absolute Gasteiger partial charge is 0.237 e. The molecule has 0 aromatic heterocycles. The minimum absolute atomic E-state index is 0.191. The van der Waals surface area contributed by atoms with E-state index in [1.54, 1.807) is 43.3 Å². The van der Waals surface area contributed by atoms with Crippen LogP contribution in [0.3, 0.4) is 0 Å². The van der Waals surface area contributed by atoms with Crippen LogP contribution in [-0.2, 0) is 14.4 Å². The first-order valence-electron chi connectivity index (χ1n) is 10.0. The first kappa shape index (κ1) is 25.6. The van der Waals surface area contributed by atoms with Crippen molar-refractivity contribution in [1.29, 1.82) is 0 Å². The summed E-state index contributed by atoms with van der Waals surface area (Å²) in [5, 5.41) is 1.94. The molecule has 2 amide bonds. The number of thioether (sulfide) groups is 1. The van der Waals surface area contributed by atoms with E-state index in [0.717, 1.165) is 17.3 Å². The summed E-state index contributed by atoms with van der Waals surface area (Å²) in [4.78, 5) is 49.3. The van der Waals surface area contributed by atoms with Gasteiger partial charge < -0.3 is 9.47 Å². The lowest BCUT2D eigenvalue weighted by molar-refractivity contribution is -0.128. The number of carbonyl (C=O) groups excluding carboxylic acids is 4. The highest BCUT2D eigenvalue weighted by Crippen LogP contribution is 2.29. The van der Waals surface area contributed by atoms with Crippen LogP contribution in [-0.4, -0.2) is 42.7 Å². The Morgan fingerprint density at radius 1 is 0.939 bits per heavy atom. The molecule has 0 fully saturated rings. The van der Waals surface area contributed by atoms with Gasteiger partial charge in [0.2, 0.25) is 16.9 Å². The van der Waals surface area contributed by atoms with Crippen molar-refractivity contribution in [2.75, 3.05) is 20.0 Å². The summed E-state index contributed by atoms with van der Waals surface area (Å²) in [6, 6.07) is 13.8. The van der Waals surface area contributed by atoms with E-state index in [9.17, 15) is 19.2 Å². The molecule has 0 radical (unpaired) electrons. The molecule has 1 N–H and O–H groups in total. The Bertz CT molecular complexity index is 1080. The maximum atomic E-state index is 13.2. The van der Waals surface area contributed by atoms with Gasteiger partial charge in [0, 0.05) is 11.1 Å². The fourth-order valence-electron chi connectivity index (χ4n) is 2.84. The van der Waals surface area contributed by atoms with Crippen LogP contribution in [0.4, 0.5) is 0 Å². The number of Topliss-reactive ketones (excluding diaryl/α,β-unsaturated/α-hetero) is 1. The molecule has 0 atom stereocenters. The molecule has 2 rings (SSSR count). The summed E-state index contributed by atoms with van der Waals surface area (Å²) in [6.45, 7) is 1.69. The number of hydrogen-bond acceptors (Lipinski definition) is 7. The van der Waals surface area contributed by atoms with Crippen LogP contribution < -0.4 is 14.8 Å². The lowest BCUT2D eigenvalue weighted by Crippen LogP contribution is -2.32. The predicted octanol–water partition coefficient (Wildman–Crippen LogP) is 3.84. The SMILES string of the molecule is C/C=C/C(=O)SCC(=O)NC(=O)C/C(=C\c1ccccc1)C(=O)c1ccc(OC)c(OC)c1. The van der Waals surface area contributed by atoms with Crippen molar-refractivity contribution in [3.8, 4) is 11.5 Å². The fourth-order valence-corrected chi connectivity index (χ4v) is 3.42. The van der Waals surface area contributed by atoms with Crippen molar-refractivity contribution in [2.24, 2.45) is 0 Å². The molecule has 0 aliphatic carbocycles. The number of ketones is 1. The second-order valence-corrected chi connectivity index (χ2v) is 7.71. The van der Waals surface area contributed by atoms with Crippen LogP contribution >= 0.6 is 11.8 Å². The maximum absolute atomic E-state index is 13.2. The Balaban J connectivity index is 2.22. The fraction of sp³-hybridized carbons (Fsp3) is 0.200. The molecule has 2 aromatic carbocycles. The number of carbonyl (C=O) groups is 4. The highest BCUT2D eigenvalue weighted by Gasteiger charge is 2.19. The molecule has 0 aliphatic rings. The summed E-state index contributed by atoms with van der Waals surface area (Å²) in [7, 11) is 2.96. The van der Waals surface area contributed by atoms with Gasteiger partial charge >= 0.3 is 0 Å². The molecular formula is C25H25NO6S. The zero-order chi connectivity index (χ0) is 24.2. The maximum Gasteiger partial charge on any atom is 0.237 e. The van der Waals surface area contributed by atoms with Gasteiger partial charge in [-0.1, -0.05) is 48.2 Å². The largest absolute Gasteiger partial charge is 0.493 e. The number of methoxy groups -OCH3 is 2. The number of hydrogen-bond donors (Lipinski definition) is 1. The highest BCUT2D eigenvalue weighted by molar-refractivity contribution is 8.14. The van der Waals surface area contributed by atoms with E-state index < -0.39 is 11.8 Å². The summed E-state index contributed by atoms with van der Waals surface area (Å²) >= 11 is 0.786. The van der Waals surface area contributed by atoms with Gasteiger partial charge in [0.05, 0.1) is 26.4 Å². The van der Waals surface area contributed by atoms with Crippen LogP contribution in [0.5, 0.6) is 11.5 Å². The highest BCUT2D eigenvalue weighted by atomic mass is 32.2. The Kier molecular flexibility index (Phi) is 10.1. The molecule has 0 heterocycles. The van der Waals surface area contributed by atoms with Gasteiger partial charge in [-0.3, -0.25) is 24.5 Å². The standard InChI is InChI=1S/C25H25NO6S/c1-4-8-24(29)33-16-23(28)26-22(27)15-19(13-17-9-6-5-7-10-17)25(30)18-11-12-20(31-2)21(14-18)32-3/h4-14H,15-16H2,1-3H3,(H,26,27,28)/b8-4+,19-13+. The average molecular weight is 468 g/mol. The van der Waals surface area contributed by atoms with Gasteiger partial charge in [0.1, 0.15) is 0 Å². The van der Waals surface area contributed by atoms with Crippen molar-refractivity contribution in [1.82, 2.24) is 5.32 Å². The molecule has 0 bridgehead atoms. The van der Waals surface area contributed by atoms with E-state index in [4.69, 9.17) is 9.47 Å². The third-order valence-electron chi connectivity index (χ3n) is 4.36. The quantitative estimate of drug-likeness (QED) is 0.419. The van der Waals surface area contributed by atoms with Gasteiger partial charge in [0.25, 0.3) is 0 Å². The molecule has 2 aromatic rings. The van der Waals surface area contributed by atoms with Gasteiger partial charge in [0.15, 0.2) is 17.3 Å². The van der Waals surface area contributed by atoms with Crippen molar-refractivity contribution in [3.05, 3.63) is 77.4 Å². The second kappa shape index (κ2) is 13.0. The number of ether oxygens (including phenoxy) is 2. The van der Waals surface area contributed by atoms with Gasteiger partial charge in [-0.05, 0) is 42.8 Å². The van der Waals surface area contributed by atoms with E-state index in [2.05, 4.69) is 5.32 Å². The van der Waals surface area contributed by atoms with E-state index >= 15 is 0 Å². The molecule has 0 saturated heterocycles. The van der Waals surface area contributed by atoms with Crippen molar-refractivity contribution < 1.29 is 28.7 Å². The normalized spacial score (nSPS) is 11.2. The zero-order valence-corrected chi connectivity index (χ0v) is 19.4. The van der Waals surface area contributed by atoms with Crippen LogP contribution in [0, 0.1) is 0 Å². The van der Waals surface area contributed by atoms with E-state index in [0.29, 0.717) is 17.1 Å². The Hall–Kier alpha value is -3.65. The first-order chi connectivity index (χ1) is 15.9. The number of nitrogens with one attached hydrogen (secondary N) is 1. The lowest BCUT2D eigenvalue weighted by Gasteiger charge is -2.11. The Morgan fingerprint density at radius 2 is 1.64 bits per heavy atom. The summed E-state index contributed by atoms with van der Waals surface area (Å²) in [5.41, 5.74) is 1.23. The van der Waals surface area contributed by atoms with Gasteiger partial charge in [-0.2, -0.15) is 0 Å². The third kappa shape index (κ3) is 8.08. The van der Waals surface area contributed by atoms with Crippen LogP contribution in [0.1, 0.15) is 29.3 Å². The van der Waals surface area contributed by atoms with Crippen LogP contribution in [0.2, 0.25) is 0 Å². The molecule has 7 nitrogen and oxygen atoms in total. The van der Waals surface area contributed by atoms with Crippen molar-refractivity contribution in [3.63, 3.8) is 0 Å². The lowest BCUT2D eigenvalue weighted by atomic mass is 9.97. The Morgan fingerprint density at radius 3 is 2.27 bits per heavy atom. The number of benzene rings is 2. The summed E-state index contributed by atoms with van der Waals surface area (Å²) in [5.74, 6) is -0.993. The second-order valence-electron chi connectivity index (χ2n) is 6.73. The van der Waals surface area contributed by atoms with Gasteiger partial charge in [-0.15, -0.1) is 0 Å². The number of imide groups is 1. The topological polar surface area (TPSA) is 98.8 Å². The molecule has 0 spiro atoms. The molecule has 172 valence electrons. The minimum atomic E-state index is -0.643. The third-order valence-corrected chi connectivity index (χ3v) is 5.18. The molecule has 8 heteroatoms. The van der Waals surface area contributed by atoms with Crippen molar-refractivity contribution in [2.45, 2.75) is 13.3 Å². The molecule has 0 saturated carbocycles. The summed E-state index contributed by atoms with van der Waals surface area (Å²) in [6.07, 6.45) is 4.19. The number of amides is 2. The predicted molar refractivity (Wildman–Crippen MR) is 128 cm³/mol. The molecular weight excluding hydrogens is 442 g/mol.